The van der Waals surface area contributed by atoms with E-state index in [9.17, 15) is 4.79 Å². The molecule has 0 aliphatic heterocycles. The molecule has 0 bridgehead atoms. The molecule has 1 aromatic heterocycles. The number of aromatic nitrogens is 1. The van der Waals surface area contributed by atoms with E-state index in [1.165, 1.54) is 0 Å². The number of carboxylic acid groups (broad SMARTS) is 1. The number of oxazole rings is 1. The third-order valence-electron chi connectivity index (χ3n) is 2.37. The van der Waals surface area contributed by atoms with Crippen molar-refractivity contribution < 1.29 is 19.1 Å². The molecule has 0 aliphatic rings. The van der Waals surface area contributed by atoms with Crippen molar-refractivity contribution in [1.29, 1.82) is 0 Å². The maximum Gasteiger partial charge on any atom is 0.373 e. The summed E-state index contributed by atoms with van der Waals surface area (Å²) in [6.07, 6.45) is 1.56. The lowest BCUT2D eigenvalue weighted by molar-refractivity contribution is 0.0661. The van der Waals surface area contributed by atoms with E-state index in [1.54, 1.807) is 7.11 Å². The van der Waals surface area contributed by atoms with Crippen LogP contribution in [0.2, 0.25) is 0 Å². The van der Waals surface area contributed by atoms with Crippen molar-refractivity contribution in [3.05, 3.63) is 47.7 Å². The molecule has 1 aromatic carbocycles. The number of carboxylic acids is 1. The lowest BCUT2D eigenvalue weighted by Crippen LogP contribution is -2.00. The van der Waals surface area contributed by atoms with E-state index in [0.29, 0.717) is 12.1 Å². The van der Waals surface area contributed by atoms with Crippen molar-refractivity contribution in [2.45, 2.75) is 6.42 Å². The normalized spacial score (nSPS) is 10.2. The first kappa shape index (κ1) is 11.2. The number of carbonyl (C=O) groups is 1. The molecule has 17 heavy (non-hydrogen) atoms. The molecule has 5 nitrogen and oxygen atoms in total. The summed E-state index contributed by atoms with van der Waals surface area (Å²) in [7, 11) is 1.59. The summed E-state index contributed by atoms with van der Waals surface area (Å²) >= 11 is 0. The molecule has 0 spiro atoms. The molecule has 0 radical (unpaired) electrons. The maximum absolute atomic E-state index is 10.8. The minimum Gasteiger partial charge on any atom is -0.497 e. The summed E-state index contributed by atoms with van der Waals surface area (Å²) in [6, 6.07) is 7.35. The highest BCUT2D eigenvalue weighted by Gasteiger charge is 2.15. The van der Waals surface area contributed by atoms with Gasteiger partial charge in [-0.25, -0.2) is 9.78 Å². The third-order valence-corrected chi connectivity index (χ3v) is 2.37. The highest BCUT2D eigenvalue weighted by atomic mass is 16.5. The second kappa shape index (κ2) is 4.69. The summed E-state index contributed by atoms with van der Waals surface area (Å²) in [4.78, 5) is 14.7. The van der Waals surface area contributed by atoms with Crippen LogP contribution in [0, 0.1) is 0 Å². The molecule has 0 unspecified atom stereocenters. The van der Waals surface area contributed by atoms with E-state index in [0.717, 1.165) is 17.7 Å². The van der Waals surface area contributed by atoms with Crippen LogP contribution in [0.5, 0.6) is 5.75 Å². The zero-order valence-electron chi connectivity index (χ0n) is 9.21. The van der Waals surface area contributed by atoms with Gasteiger partial charge in [0.25, 0.3) is 0 Å². The summed E-state index contributed by atoms with van der Waals surface area (Å²) in [5.41, 5.74) is 1.37. The van der Waals surface area contributed by atoms with Crippen LogP contribution in [-0.4, -0.2) is 23.2 Å². The minimum absolute atomic E-state index is 0.110. The van der Waals surface area contributed by atoms with Crippen LogP contribution in [0.4, 0.5) is 0 Å². The maximum atomic E-state index is 10.8. The molecule has 1 heterocycles. The summed E-state index contributed by atoms with van der Waals surface area (Å²) in [5, 5.41) is 8.86. The van der Waals surface area contributed by atoms with E-state index in [4.69, 9.17) is 14.3 Å². The first-order valence-electron chi connectivity index (χ1n) is 4.99. The van der Waals surface area contributed by atoms with Crippen LogP contribution in [0.15, 0.2) is 35.1 Å². The Morgan fingerprint density at radius 1 is 1.41 bits per heavy atom. The van der Waals surface area contributed by atoms with Crippen LogP contribution >= 0.6 is 0 Å². The molecule has 2 rings (SSSR count). The van der Waals surface area contributed by atoms with Gasteiger partial charge in [0.1, 0.15) is 5.75 Å². The topological polar surface area (TPSA) is 72.6 Å². The Balaban J connectivity index is 2.19. The standard InChI is InChI=1S/C12H11NO4/c1-16-9-4-2-8(3-5-9)6-10-11(12(14)15)17-7-13-10/h2-5,7H,6H2,1H3,(H,14,15). The van der Waals surface area contributed by atoms with Crippen molar-refractivity contribution in [3.8, 4) is 5.75 Å². The van der Waals surface area contributed by atoms with Gasteiger partial charge >= 0.3 is 5.97 Å². The van der Waals surface area contributed by atoms with E-state index >= 15 is 0 Å². The SMILES string of the molecule is COc1ccc(Cc2ncoc2C(=O)O)cc1. The molecule has 88 valence electrons. The summed E-state index contributed by atoms with van der Waals surface area (Å²) in [5.74, 6) is -0.459. The van der Waals surface area contributed by atoms with Crippen LogP contribution < -0.4 is 4.74 Å². The zero-order chi connectivity index (χ0) is 12.3. The molecular formula is C12H11NO4. The third kappa shape index (κ3) is 2.44. The zero-order valence-corrected chi connectivity index (χ0v) is 9.21. The molecule has 0 saturated heterocycles. The second-order valence-electron chi connectivity index (χ2n) is 3.46. The number of hydrogen-bond acceptors (Lipinski definition) is 4. The lowest BCUT2D eigenvalue weighted by Gasteiger charge is -2.02. The van der Waals surface area contributed by atoms with Gasteiger partial charge in [-0.1, -0.05) is 12.1 Å². The molecule has 2 aromatic rings. The highest BCUT2D eigenvalue weighted by Crippen LogP contribution is 2.16. The first-order chi connectivity index (χ1) is 8.20. The van der Waals surface area contributed by atoms with E-state index in [1.807, 2.05) is 24.3 Å². The van der Waals surface area contributed by atoms with E-state index in [2.05, 4.69) is 4.98 Å². The Hall–Kier alpha value is -2.30. The van der Waals surface area contributed by atoms with Crippen LogP contribution in [0.1, 0.15) is 21.8 Å². The first-order valence-corrected chi connectivity index (χ1v) is 4.99. The molecule has 0 fully saturated rings. The second-order valence-corrected chi connectivity index (χ2v) is 3.46. The average Bonchev–Trinajstić information content (AvgIpc) is 2.78. The molecule has 0 amide bonds. The van der Waals surface area contributed by atoms with Gasteiger partial charge in [-0.05, 0) is 17.7 Å². The fraction of sp³-hybridized carbons (Fsp3) is 0.167. The molecule has 5 heteroatoms. The van der Waals surface area contributed by atoms with Gasteiger partial charge in [-0.3, -0.25) is 0 Å². The fourth-order valence-electron chi connectivity index (χ4n) is 1.51. The van der Waals surface area contributed by atoms with Crippen molar-refractivity contribution in [1.82, 2.24) is 4.98 Å². The molecule has 0 saturated carbocycles. The Morgan fingerprint density at radius 2 is 2.12 bits per heavy atom. The van der Waals surface area contributed by atoms with Crippen molar-refractivity contribution >= 4 is 5.97 Å². The lowest BCUT2D eigenvalue weighted by atomic mass is 10.1. The summed E-state index contributed by atoms with van der Waals surface area (Å²) in [6.45, 7) is 0. The Labute approximate surface area is 97.7 Å². The Morgan fingerprint density at radius 3 is 2.71 bits per heavy atom. The Kier molecular flexibility index (Phi) is 3.09. The minimum atomic E-state index is -1.11. The van der Waals surface area contributed by atoms with Crippen molar-refractivity contribution in [3.63, 3.8) is 0 Å². The number of ether oxygens (including phenoxy) is 1. The molecular weight excluding hydrogens is 222 g/mol. The van der Waals surface area contributed by atoms with Gasteiger partial charge in [-0.15, -0.1) is 0 Å². The van der Waals surface area contributed by atoms with Gasteiger partial charge in [0, 0.05) is 6.42 Å². The predicted octanol–water partition coefficient (Wildman–Crippen LogP) is 1.97. The predicted molar refractivity (Wildman–Crippen MR) is 59.3 cm³/mol. The number of nitrogens with zero attached hydrogens (tertiary/aromatic N) is 1. The molecule has 0 aliphatic carbocycles. The smallest absolute Gasteiger partial charge is 0.373 e. The molecule has 1 N–H and O–H groups in total. The van der Waals surface area contributed by atoms with Gasteiger partial charge in [0.15, 0.2) is 6.39 Å². The van der Waals surface area contributed by atoms with E-state index < -0.39 is 5.97 Å². The van der Waals surface area contributed by atoms with Gasteiger partial charge in [-0.2, -0.15) is 0 Å². The largest absolute Gasteiger partial charge is 0.497 e. The van der Waals surface area contributed by atoms with Crippen molar-refractivity contribution in [2.24, 2.45) is 0 Å². The highest BCUT2D eigenvalue weighted by molar-refractivity contribution is 5.85. The van der Waals surface area contributed by atoms with Crippen LogP contribution in [0.25, 0.3) is 0 Å². The fourth-order valence-corrected chi connectivity index (χ4v) is 1.51. The van der Waals surface area contributed by atoms with Gasteiger partial charge in [0.2, 0.25) is 5.76 Å². The average molecular weight is 233 g/mol. The number of rotatable bonds is 4. The number of aromatic carboxylic acids is 1. The van der Waals surface area contributed by atoms with Gasteiger partial charge < -0.3 is 14.3 Å². The van der Waals surface area contributed by atoms with Gasteiger partial charge in [0.05, 0.1) is 12.8 Å². The summed E-state index contributed by atoms with van der Waals surface area (Å²) < 4.78 is 9.85. The number of methoxy groups -OCH3 is 1. The van der Waals surface area contributed by atoms with Crippen LogP contribution in [-0.2, 0) is 6.42 Å². The van der Waals surface area contributed by atoms with Crippen LogP contribution in [0.3, 0.4) is 0 Å². The van der Waals surface area contributed by atoms with Crippen molar-refractivity contribution in [2.75, 3.05) is 7.11 Å². The molecule has 0 atom stereocenters. The number of benzene rings is 1. The Bertz CT molecular complexity index is 516. The monoisotopic (exact) mass is 233 g/mol. The quantitative estimate of drug-likeness (QED) is 0.874. The number of hydrogen-bond donors (Lipinski definition) is 1. The van der Waals surface area contributed by atoms with E-state index in [-0.39, 0.29) is 5.76 Å².